The zero-order chi connectivity index (χ0) is 20.8. The zero-order valence-corrected chi connectivity index (χ0v) is 16.9. The molecule has 4 rings (SSSR count). The topological polar surface area (TPSA) is 74.8 Å². The smallest absolute Gasteiger partial charge is 0.277 e. The van der Waals surface area contributed by atoms with E-state index in [2.05, 4.69) is 21.6 Å². The van der Waals surface area contributed by atoms with Crippen LogP contribution in [0.3, 0.4) is 0 Å². The van der Waals surface area contributed by atoms with E-state index in [1.165, 1.54) is 18.4 Å². The Bertz CT molecular complexity index is 1100. The van der Waals surface area contributed by atoms with Gasteiger partial charge < -0.3 is 5.32 Å². The largest absolute Gasteiger partial charge is 0.352 e. The Labute approximate surface area is 175 Å². The molecule has 1 amide bonds. The maximum atomic E-state index is 13.1. The number of nitrogens with one attached hydrogen (secondary N) is 2. The van der Waals surface area contributed by atoms with E-state index in [1.807, 2.05) is 60.7 Å². The molecule has 0 radical (unpaired) electrons. The molecule has 1 aliphatic carbocycles. The summed E-state index contributed by atoms with van der Waals surface area (Å²) in [5.41, 5.74) is 3.78. The van der Waals surface area contributed by atoms with Gasteiger partial charge in [0.25, 0.3) is 11.5 Å². The van der Waals surface area contributed by atoms with Gasteiger partial charge in [0.15, 0.2) is 0 Å². The first kappa shape index (κ1) is 19.8. The number of rotatable bonds is 6. The Morgan fingerprint density at radius 2 is 1.67 bits per heavy atom. The lowest BCUT2D eigenvalue weighted by Gasteiger charge is -2.15. The molecule has 2 N–H and O–H groups in total. The zero-order valence-electron chi connectivity index (χ0n) is 16.9. The summed E-state index contributed by atoms with van der Waals surface area (Å²) in [6.45, 7) is 0.515. The quantitative estimate of drug-likeness (QED) is 0.589. The van der Waals surface area contributed by atoms with Gasteiger partial charge >= 0.3 is 0 Å². The highest BCUT2D eigenvalue weighted by Gasteiger charge is 2.22. The molecule has 0 aliphatic heterocycles. The van der Waals surface area contributed by atoms with Gasteiger partial charge in [-0.05, 0) is 37.7 Å². The predicted molar refractivity (Wildman–Crippen MR) is 119 cm³/mol. The third-order valence-corrected chi connectivity index (χ3v) is 5.44. The van der Waals surface area contributed by atoms with E-state index in [1.54, 1.807) is 0 Å². The van der Waals surface area contributed by atoms with Gasteiger partial charge in [0.05, 0.1) is 5.69 Å². The maximum Gasteiger partial charge on any atom is 0.277 e. The minimum Gasteiger partial charge on any atom is -0.352 e. The number of amides is 1. The summed E-state index contributed by atoms with van der Waals surface area (Å²) in [6, 6.07) is 19.1. The van der Waals surface area contributed by atoms with Crippen LogP contribution in [0.15, 0.2) is 77.1 Å². The first-order valence-corrected chi connectivity index (χ1v) is 10.4. The number of hydrogen-bond acceptors (Lipinski definition) is 3. The van der Waals surface area contributed by atoms with Crippen molar-refractivity contribution < 1.29 is 4.79 Å². The molecule has 5 heteroatoms. The van der Waals surface area contributed by atoms with E-state index in [4.69, 9.17) is 0 Å². The minimum absolute atomic E-state index is 0.104. The Kier molecular flexibility index (Phi) is 6.18. The lowest BCUT2D eigenvalue weighted by atomic mass is 9.95. The third-order valence-electron chi connectivity index (χ3n) is 5.44. The van der Waals surface area contributed by atoms with Crippen molar-refractivity contribution in [2.45, 2.75) is 32.1 Å². The summed E-state index contributed by atoms with van der Waals surface area (Å²) in [4.78, 5) is 25.8. The van der Waals surface area contributed by atoms with Crippen molar-refractivity contribution in [3.05, 3.63) is 88.2 Å². The van der Waals surface area contributed by atoms with E-state index >= 15 is 0 Å². The van der Waals surface area contributed by atoms with Crippen molar-refractivity contribution in [3.63, 3.8) is 0 Å². The molecule has 1 aromatic heterocycles. The second-order valence-electron chi connectivity index (χ2n) is 7.50. The molecule has 0 fully saturated rings. The van der Waals surface area contributed by atoms with Gasteiger partial charge in [-0.3, -0.25) is 9.59 Å². The molecule has 0 spiro atoms. The van der Waals surface area contributed by atoms with E-state index < -0.39 is 5.56 Å². The van der Waals surface area contributed by atoms with Crippen molar-refractivity contribution in [1.29, 1.82) is 0 Å². The Hall–Kier alpha value is -3.47. The van der Waals surface area contributed by atoms with Gasteiger partial charge in [-0.25, -0.2) is 5.10 Å². The van der Waals surface area contributed by atoms with Crippen LogP contribution in [-0.4, -0.2) is 22.6 Å². The lowest BCUT2D eigenvalue weighted by Crippen LogP contribution is -2.32. The number of H-pyrrole nitrogens is 1. The molecule has 1 heterocycles. The van der Waals surface area contributed by atoms with Gasteiger partial charge in [-0.1, -0.05) is 72.3 Å². The second-order valence-corrected chi connectivity index (χ2v) is 7.50. The average molecular weight is 399 g/mol. The third kappa shape index (κ3) is 4.40. The molecule has 0 unspecified atom stereocenters. The van der Waals surface area contributed by atoms with Gasteiger partial charge in [0.1, 0.15) is 5.56 Å². The number of benzene rings is 2. The summed E-state index contributed by atoms with van der Waals surface area (Å²) in [5, 5.41) is 9.76. The summed E-state index contributed by atoms with van der Waals surface area (Å²) >= 11 is 0. The van der Waals surface area contributed by atoms with Gasteiger partial charge in [-0.2, -0.15) is 5.10 Å². The summed E-state index contributed by atoms with van der Waals surface area (Å²) < 4.78 is 0. The fraction of sp³-hybridized carbons (Fsp3) is 0.240. The fourth-order valence-corrected chi connectivity index (χ4v) is 3.91. The van der Waals surface area contributed by atoms with E-state index in [0.29, 0.717) is 17.8 Å². The van der Waals surface area contributed by atoms with Crippen LogP contribution in [0, 0.1) is 0 Å². The standard InChI is InChI=1S/C25H25N3O2/c29-24(26-17-16-18-10-4-1-5-11-18)22-21(19-12-6-2-7-13-19)23(27-28-25(22)30)20-14-8-3-9-15-20/h2-3,6-10,12-15H,1,4-5,11,16-17H2,(H,26,29)(H,28,30). The number of allylic oxidation sites excluding steroid dienone is 1. The minimum atomic E-state index is -0.483. The van der Waals surface area contributed by atoms with Crippen LogP contribution in [-0.2, 0) is 0 Å². The first-order chi connectivity index (χ1) is 14.7. The number of carbonyl (C=O) groups is 1. The molecule has 0 saturated heterocycles. The van der Waals surface area contributed by atoms with Crippen LogP contribution in [0.4, 0.5) is 0 Å². The van der Waals surface area contributed by atoms with Crippen molar-refractivity contribution in [2.75, 3.05) is 6.54 Å². The summed E-state index contributed by atoms with van der Waals surface area (Å²) in [5.74, 6) is -0.369. The highest BCUT2D eigenvalue weighted by Crippen LogP contribution is 2.31. The fourth-order valence-electron chi connectivity index (χ4n) is 3.91. The molecule has 3 aromatic rings. The Morgan fingerprint density at radius 3 is 2.33 bits per heavy atom. The maximum absolute atomic E-state index is 13.1. The summed E-state index contributed by atoms with van der Waals surface area (Å²) in [6.07, 6.45) is 7.76. The normalized spacial score (nSPS) is 13.5. The van der Waals surface area contributed by atoms with E-state index in [0.717, 1.165) is 30.4 Å². The number of carbonyl (C=O) groups excluding carboxylic acids is 1. The molecule has 30 heavy (non-hydrogen) atoms. The van der Waals surface area contributed by atoms with Crippen LogP contribution in [0.2, 0.25) is 0 Å². The molecule has 0 bridgehead atoms. The predicted octanol–water partition coefficient (Wildman–Crippen LogP) is 4.72. The Balaban J connectivity index is 1.70. The van der Waals surface area contributed by atoms with Crippen LogP contribution < -0.4 is 10.9 Å². The molecule has 5 nitrogen and oxygen atoms in total. The van der Waals surface area contributed by atoms with Gasteiger partial charge in [0, 0.05) is 17.7 Å². The highest BCUT2D eigenvalue weighted by atomic mass is 16.2. The lowest BCUT2D eigenvalue weighted by molar-refractivity contribution is 0.0953. The molecule has 1 aliphatic rings. The van der Waals surface area contributed by atoms with Gasteiger partial charge in [-0.15, -0.1) is 0 Å². The van der Waals surface area contributed by atoms with Crippen molar-refractivity contribution >= 4 is 5.91 Å². The van der Waals surface area contributed by atoms with Crippen molar-refractivity contribution in [2.24, 2.45) is 0 Å². The Morgan fingerprint density at radius 1 is 0.967 bits per heavy atom. The van der Waals surface area contributed by atoms with Crippen LogP contribution in [0.1, 0.15) is 42.5 Å². The summed E-state index contributed by atoms with van der Waals surface area (Å²) in [7, 11) is 0. The molecule has 2 aromatic carbocycles. The molecule has 0 atom stereocenters. The molecular weight excluding hydrogens is 374 g/mol. The number of hydrogen-bond donors (Lipinski definition) is 2. The average Bonchev–Trinajstić information content (AvgIpc) is 2.80. The van der Waals surface area contributed by atoms with Crippen LogP contribution in [0.25, 0.3) is 22.4 Å². The number of aromatic nitrogens is 2. The monoisotopic (exact) mass is 399 g/mol. The second kappa shape index (κ2) is 9.35. The van der Waals surface area contributed by atoms with Crippen LogP contribution in [0.5, 0.6) is 0 Å². The number of aromatic amines is 1. The molecule has 152 valence electrons. The molecular formula is C25H25N3O2. The van der Waals surface area contributed by atoms with Crippen molar-refractivity contribution in [1.82, 2.24) is 15.5 Å². The highest BCUT2D eigenvalue weighted by molar-refractivity contribution is 6.03. The number of nitrogens with zero attached hydrogens (tertiary/aromatic N) is 1. The van der Waals surface area contributed by atoms with Crippen molar-refractivity contribution in [3.8, 4) is 22.4 Å². The van der Waals surface area contributed by atoms with E-state index in [-0.39, 0.29) is 11.5 Å². The first-order valence-electron chi connectivity index (χ1n) is 10.4. The van der Waals surface area contributed by atoms with Crippen LogP contribution >= 0.6 is 0 Å². The SMILES string of the molecule is O=C(NCCC1=CCCCC1)c1c(-c2ccccc2)c(-c2ccccc2)n[nH]c1=O. The van der Waals surface area contributed by atoms with Gasteiger partial charge in [0.2, 0.25) is 0 Å². The van der Waals surface area contributed by atoms with E-state index in [9.17, 15) is 9.59 Å². The molecule has 0 saturated carbocycles.